The van der Waals surface area contributed by atoms with E-state index in [1.807, 2.05) is 6.07 Å². The highest BCUT2D eigenvalue weighted by Crippen LogP contribution is 2.10. The van der Waals surface area contributed by atoms with E-state index in [4.69, 9.17) is 4.74 Å². The van der Waals surface area contributed by atoms with Crippen LogP contribution in [-0.2, 0) is 20.9 Å². The number of quaternary nitrogens is 2. The predicted molar refractivity (Wildman–Crippen MR) is 97.7 cm³/mol. The Balaban J connectivity index is 1.36. The Hall–Kier alpha value is -1.92. The summed E-state index contributed by atoms with van der Waals surface area (Å²) in [6, 6.07) is 10.8. The molecule has 1 amide bonds. The number of carbonyl (C=O) groups excluding carboxylic acids is 2. The fourth-order valence-corrected chi connectivity index (χ4v) is 4.21. The smallest absolute Gasteiger partial charge is 0.309 e. The molecule has 142 valence electrons. The molecule has 2 saturated heterocycles. The molecule has 3 N–H and O–H groups in total. The number of ether oxygens (including phenoxy) is 1. The molecule has 2 aliphatic heterocycles. The van der Waals surface area contributed by atoms with Gasteiger partial charge in [0.05, 0.1) is 45.2 Å². The Kier molecular flexibility index (Phi) is 6.63. The minimum atomic E-state index is -0.110. The van der Waals surface area contributed by atoms with Gasteiger partial charge in [-0.05, 0) is 0 Å². The molecule has 2 heterocycles. The normalized spacial score (nSPS) is 28.5. The number of methoxy groups -OCH3 is 1. The second-order valence-electron chi connectivity index (χ2n) is 7.64. The van der Waals surface area contributed by atoms with Crippen molar-refractivity contribution in [3.8, 4) is 0 Å². The van der Waals surface area contributed by atoms with Crippen molar-refractivity contribution in [1.82, 2.24) is 5.32 Å². The summed E-state index contributed by atoms with van der Waals surface area (Å²) in [5, 5.41) is 3.21. The van der Waals surface area contributed by atoms with E-state index >= 15 is 0 Å². The summed E-state index contributed by atoms with van der Waals surface area (Å²) in [7, 11) is 1.44. The summed E-state index contributed by atoms with van der Waals surface area (Å²) in [5.74, 6) is 0.0419. The van der Waals surface area contributed by atoms with E-state index in [0.717, 1.165) is 52.0 Å². The maximum atomic E-state index is 12.4. The molecule has 0 saturated carbocycles. The van der Waals surface area contributed by atoms with Crippen LogP contribution in [0.15, 0.2) is 30.3 Å². The van der Waals surface area contributed by atoms with Crippen molar-refractivity contribution in [2.45, 2.75) is 31.8 Å². The van der Waals surface area contributed by atoms with Gasteiger partial charge in [-0.15, -0.1) is 0 Å². The zero-order valence-electron chi connectivity index (χ0n) is 15.6. The number of hydrogen-bond donors (Lipinski definition) is 3. The molecule has 1 unspecified atom stereocenters. The molecule has 1 aromatic carbocycles. The van der Waals surface area contributed by atoms with Gasteiger partial charge in [0.15, 0.2) is 6.54 Å². The molecule has 2 atom stereocenters. The lowest BCUT2D eigenvalue weighted by Crippen LogP contribution is -3.14. The van der Waals surface area contributed by atoms with Crippen molar-refractivity contribution in [2.24, 2.45) is 5.92 Å². The molecule has 1 aromatic rings. The molecular formula is C20H31N3O3+2. The van der Waals surface area contributed by atoms with Crippen molar-refractivity contribution < 1.29 is 24.1 Å². The number of amides is 1. The van der Waals surface area contributed by atoms with Crippen molar-refractivity contribution in [3.05, 3.63) is 35.9 Å². The van der Waals surface area contributed by atoms with Crippen LogP contribution < -0.4 is 15.1 Å². The van der Waals surface area contributed by atoms with Crippen LogP contribution in [0, 0.1) is 5.92 Å². The van der Waals surface area contributed by atoms with Crippen LogP contribution in [0.1, 0.15) is 24.8 Å². The van der Waals surface area contributed by atoms with Crippen LogP contribution in [0.3, 0.4) is 0 Å². The molecule has 0 aromatic heterocycles. The van der Waals surface area contributed by atoms with Gasteiger partial charge in [-0.2, -0.15) is 0 Å². The summed E-state index contributed by atoms with van der Waals surface area (Å²) >= 11 is 0. The highest BCUT2D eigenvalue weighted by molar-refractivity contribution is 5.77. The van der Waals surface area contributed by atoms with E-state index in [-0.39, 0.29) is 23.8 Å². The summed E-state index contributed by atoms with van der Waals surface area (Å²) in [6.45, 7) is 5.38. The Labute approximate surface area is 155 Å². The SMILES string of the molecule is COC(=O)C1CC[NH+](CC(=O)N[C@H]2CC[NH+](Cc3ccccc3)C2)CC1. The fraction of sp³-hybridized carbons (Fsp3) is 0.600. The van der Waals surface area contributed by atoms with Gasteiger partial charge in [0.1, 0.15) is 6.54 Å². The molecule has 6 nitrogen and oxygen atoms in total. The van der Waals surface area contributed by atoms with Gasteiger partial charge in [0, 0.05) is 24.8 Å². The maximum absolute atomic E-state index is 12.4. The minimum absolute atomic E-state index is 0.0109. The van der Waals surface area contributed by atoms with Gasteiger partial charge in [-0.3, -0.25) is 9.59 Å². The lowest BCUT2D eigenvalue weighted by Gasteiger charge is -2.27. The van der Waals surface area contributed by atoms with Gasteiger partial charge in [-0.1, -0.05) is 30.3 Å². The third kappa shape index (κ3) is 5.29. The second kappa shape index (κ2) is 9.14. The van der Waals surface area contributed by atoms with Crippen LogP contribution in [0.4, 0.5) is 0 Å². The zero-order chi connectivity index (χ0) is 18.4. The van der Waals surface area contributed by atoms with Crippen LogP contribution in [0.2, 0.25) is 0 Å². The molecular weight excluding hydrogens is 330 g/mol. The van der Waals surface area contributed by atoms with Crippen molar-refractivity contribution in [3.63, 3.8) is 0 Å². The number of likely N-dealkylation sites (tertiary alicyclic amines) is 2. The number of piperidine rings is 1. The highest BCUT2D eigenvalue weighted by atomic mass is 16.5. The maximum Gasteiger partial charge on any atom is 0.309 e. The lowest BCUT2D eigenvalue weighted by atomic mass is 9.97. The molecule has 2 fully saturated rings. The Morgan fingerprint density at radius 2 is 1.77 bits per heavy atom. The lowest BCUT2D eigenvalue weighted by molar-refractivity contribution is -0.902. The van der Waals surface area contributed by atoms with Crippen molar-refractivity contribution in [1.29, 1.82) is 0 Å². The fourth-order valence-electron chi connectivity index (χ4n) is 4.21. The number of nitrogens with one attached hydrogen (secondary N) is 3. The van der Waals surface area contributed by atoms with Gasteiger partial charge in [-0.25, -0.2) is 0 Å². The van der Waals surface area contributed by atoms with Gasteiger partial charge in [0.2, 0.25) is 0 Å². The van der Waals surface area contributed by atoms with Gasteiger partial charge in [0.25, 0.3) is 5.91 Å². The van der Waals surface area contributed by atoms with Crippen LogP contribution >= 0.6 is 0 Å². The molecule has 26 heavy (non-hydrogen) atoms. The molecule has 3 rings (SSSR count). The molecule has 0 radical (unpaired) electrons. The number of hydrogen-bond acceptors (Lipinski definition) is 3. The first-order valence-electron chi connectivity index (χ1n) is 9.72. The predicted octanol–water partition coefficient (Wildman–Crippen LogP) is -1.57. The minimum Gasteiger partial charge on any atom is -0.469 e. The summed E-state index contributed by atoms with van der Waals surface area (Å²) in [6.07, 6.45) is 2.68. The van der Waals surface area contributed by atoms with E-state index < -0.39 is 0 Å². The molecule has 2 aliphatic rings. The van der Waals surface area contributed by atoms with Gasteiger partial charge < -0.3 is 19.9 Å². The zero-order valence-corrected chi connectivity index (χ0v) is 15.6. The summed E-state index contributed by atoms with van der Waals surface area (Å²) < 4.78 is 4.82. The molecule has 0 spiro atoms. The second-order valence-corrected chi connectivity index (χ2v) is 7.64. The third-order valence-electron chi connectivity index (χ3n) is 5.68. The molecule has 6 heteroatoms. The van der Waals surface area contributed by atoms with Crippen LogP contribution in [-0.4, -0.2) is 57.8 Å². The largest absolute Gasteiger partial charge is 0.469 e. The number of carbonyl (C=O) groups is 2. The Morgan fingerprint density at radius 3 is 2.46 bits per heavy atom. The molecule has 0 bridgehead atoms. The highest BCUT2D eigenvalue weighted by Gasteiger charge is 2.31. The van der Waals surface area contributed by atoms with E-state index in [1.165, 1.54) is 22.5 Å². The van der Waals surface area contributed by atoms with Crippen molar-refractivity contribution in [2.75, 3.05) is 39.8 Å². The number of esters is 1. The van der Waals surface area contributed by atoms with Crippen LogP contribution in [0.5, 0.6) is 0 Å². The quantitative estimate of drug-likeness (QED) is 0.537. The Bertz CT molecular complexity index is 600. The first kappa shape index (κ1) is 18.9. The van der Waals surface area contributed by atoms with E-state index in [9.17, 15) is 9.59 Å². The molecule has 0 aliphatic carbocycles. The number of benzene rings is 1. The first-order valence-corrected chi connectivity index (χ1v) is 9.72. The van der Waals surface area contributed by atoms with E-state index in [0.29, 0.717) is 6.54 Å². The standard InChI is InChI=1S/C20H29N3O3/c1-26-20(25)17-7-10-22(11-8-17)15-19(24)21-18-9-12-23(14-18)13-16-5-3-2-4-6-16/h2-6,17-18H,7-15H2,1H3,(H,21,24)/p+2/t18-/m0/s1. The average molecular weight is 361 g/mol. The number of rotatable bonds is 6. The summed E-state index contributed by atoms with van der Waals surface area (Å²) in [4.78, 5) is 26.8. The summed E-state index contributed by atoms with van der Waals surface area (Å²) in [5.41, 5.74) is 1.35. The van der Waals surface area contributed by atoms with E-state index in [2.05, 4.69) is 29.6 Å². The monoisotopic (exact) mass is 361 g/mol. The van der Waals surface area contributed by atoms with Crippen LogP contribution in [0.25, 0.3) is 0 Å². The topological polar surface area (TPSA) is 64.3 Å². The Morgan fingerprint density at radius 1 is 1.08 bits per heavy atom. The third-order valence-corrected chi connectivity index (χ3v) is 5.68. The van der Waals surface area contributed by atoms with E-state index in [1.54, 1.807) is 0 Å². The average Bonchev–Trinajstić information content (AvgIpc) is 3.09. The van der Waals surface area contributed by atoms with Gasteiger partial charge >= 0.3 is 5.97 Å². The first-order chi connectivity index (χ1) is 12.6. The van der Waals surface area contributed by atoms with Crippen molar-refractivity contribution >= 4 is 11.9 Å².